The summed E-state index contributed by atoms with van der Waals surface area (Å²) in [6.07, 6.45) is -9.38. The highest BCUT2D eigenvalue weighted by Crippen LogP contribution is 2.38. The first-order valence-corrected chi connectivity index (χ1v) is 11.9. The minimum absolute atomic E-state index is 0.0181. The van der Waals surface area contributed by atoms with Gasteiger partial charge in [0.15, 0.2) is 0 Å². The van der Waals surface area contributed by atoms with Crippen LogP contribution in [0.5, 0.6) is 17.2 Å². The molecule has 0 radical (unpaired) electrons. The van der Waals surface area contributed by atoms with Gasteiger partial charge in [0, 0.05) is 38.1 Å². The van der Waals surface area contributed by atoms with Crippen molar-refractivity contribution < 1.29 is 49.0 Å². The van der Waals surface area contributed by atoms with E-state index < -0.39 is 62.0 Å². The summed E-state index contributed by atoms with van der Waals surface area (Å²) in [5.41, 5.74) is -1.97. The lowest BCUT2D eigenvalue weighted by molar-refractivity contribution is -0.274. The maximum atomic E-state index is 13.3. The van der Waals surface area contributed by atoms with E-state index in [0.29, 0.717) is 18.3 Å². The number of pyridine rings is 1. The van der Waals surface area contributed by atoms with Crippen molar-refractivity contribution in [3.63, 3.8) is 0 Å². The number of sulfonamides is 1. The standard InChI is InChI=1S/C22H16ClF6N3O5S/c1-32(2)38(34,35)14-5-3-4-12(8-14)31-20(33)15-11-30-19(21(24,25)26)10-18(15)36-17-7-6-13(9-16(17)23)37-22(27,28)29/h3-11H,1-2H3,(H,31,33). The van der Waals surface area contributed by atoms with Crippen molar-refractivity contribution in [2.45, 2.75) is 17.4 Å². The number of alkyl halides is 6. The van der Waals surface area contributed by atoms with Crippen LogP contribution >= 0.6 is 11.6 Å². The zero-order chi connectivity index (χ0) is 28.5. The third-order valence-corrected chi connectivity index (χ3v) is 6.73. The Kier molecular flexibility index (Phi) is 8.14. The van der Waals surface area contributed by atoms with E-state index in [4.69, 9.17) is 16.3 Å². The number of ether oxygens (including phenoxy) is 2. The van der Waals surface area contributed by atoms with Crippen LogP contribution in [0.1, 0.15) is 16.1 Å². The molecule has 204 valence electrons. The monoisotopic (exact) mass is 583 g/mol. The van der Waals surface area contributed by atoms with Crippen LogP contribution in [0.3, 0.4) is 0 Å². The van der Waals surface area contributed by atoms with Gasteiger partial charge in [-0.05, 0) is 30.3 Å². The maximum Gasteiger partial charge on any atom is 0.573 e. The predicted molar refractivity (Wildman–Crippen MR) is 123 cm³/mol. The fraction of sp³-hybridized carbons (Fsp3) is 0.182. The van der Waals surface area contributed by atoms with E-state index in [2.05, 4.69) is 15.0 Å². The van der Waals surface area contributed by atoms with E-state index in [0.717, 1.165) is 22.5 Å². The number of hydrogen-bond acceptors (Lipinski definition) is 6. The minimum Gasteiger partial charge on any atom is -0.455 e. The average molecular weight is 584 g/mol. The molecule has 0 saturated heterocycles. The highest BCUT2D eigenvalue weighted by Gasteiger charge is 2.34. The molecule has 0 aliphatic rings. The van der Waals surface area contributed by atoms with Crippen molar-refractivity contribution in [2.24, 2.45) is 0 Å². The number of aromatic nitrogens is 1. The lowest BCUT2D eigenvalue weighted by atomic mass is 10.2. The lowest BCUT2D eigenvalue weighted by Gasteiger charge is -2.16. The molecule has 38 heavy (non-hydrogen) atoms. The van der Waals surface area contributed by atoms with Gasteiger partial charge in [-0.3, -0.25) is 9.78 Å². The second kappa shape index (κ2) is 10.7. The first-order chi connectivity index (χ1) is 17.5. The predicted octanol–water partition coefficient (Wildman–Crippen LogP) is 5.95. The zero-order valence-electron chi connectivity index (χ0n) is 19.2. The molecule has 0 fully saturated rings. The van der Waals surface area contributed by atoms with Crippen LogP contribution in [-0.4, -0.2) is 44.1 Å². The summed E-state index contributed by atoms with van der Waals surface area (Å²) in [4.78, 5) is 16.0. The Hall–Kier alpha value is -3.56. The minimum atomic E-state index is -5.02. The van der Waals surface area contributed by atoms with Gasteiger partial charge < -0.3 is 14.8 Å². The summed E-state index contributed by atoms with van der Waals surface area (Å²) in [6.45, 7) is 0. The van der Waals surface area contributed by atoms with E-state index in [1.165, 1.54) is 32.3 Å². The Balaban J connectivity index is 1.97. The van der Waals surface area contributed by atoms with Crippen molar-refractivity contribution in [1.82, 2.24) is 9.29 Å². The van der Waals surface area contributed by atoms with Crippen LogP contribution in [0.2, 0.25) is 5.02 Å². The largest absolute Gasteiger partial charge is 0.573 e. The molecule has 0 unspecified atom stereocenters. The summed E-state index contributed by atoms with van der Waals surface area (Å²) in [5.74, 6) is -2.83. The molecule has 8 nitrogen and oxygen atoms in total. The van der Waals surface area contributed by atoms with Crippen LogP contribution in [0.15, 0.2) is 59.6 Å². The molecular weight excluding hydrogens is 568 g/mol. The summed E-state index contributed by atoms with van der Waals surface area (Å²) in [5, 5.41) is 1.87. The van der Waals surface area contributed by atoms with E-state index in [-0.39, 0.29) is 10.6 Å². The topological polar surface area (TPSA) is 97.8 Å². The smallest absolute Gasteiger partial charge is 0.455 e. The number of nitrogens with zero attached hydrogens (tertiary/aromatic N) is 2. The summed E-state index contributed by atoms with van der Waals surface area (Å²) < 4.78 is 112. The third kappa shape index (κ3) is 7.05. The van der Waals surface area contributed by atoms with Crippen molar-refractivity contribution in [2.75, 3.05) is 19.4 Å². The quantitative estimate of drug-likeness (QED) is 0.345. The zero-order valence-corrected chi connectivity index (χ0v) is 20.8. The summed E-state index contributed by atoms with van der Waals surface area (Å²) >= 11 is 5.91. The molecule has 1 N–H and O–H groups in total. The van der Waals surface area contributed by atoms with Gasteiger partial charge in [0.2, 0.25) is 10.0 Å². The van der Waals surface area contributed by atoms with Crippen LogP contribution < -0.4 is 14.8 Å². The number of halogens is 7. The first-order valence-electron chi connectivity index (χ1n) is 10.1. The Morgan fingerprint density at radius 2 is 1.68 bits per heavy atom. The lowest BCUT2D eigenvalue weighted by Crippen LogP contribution is -2.22. The fourth-order valence-corrected chi connectivity index (χ4v) is 4.03. The van der Waals surface area contributed by atoms with Crippen LogP contribution in [0.25, 0.3) is 0 Å². The van der Waals surface area contributed by atoms with Gasteiger partial charge in [0.1, 0.15) is 28.5 Å². The normalized spacial score (nSPS) is 12.4. The summed E-state index contributed by atoms with van der Waals surface area (Å²) in [7, 11) is -1.27. The molecule has 0 aliphatic heterocycles. The van der Waals surface area contributed by atoms with Crippen LogP contribution in [0.4, 0.5) is 32.0 Å². The SMILES string of the molecule is CN(C)S(=O)(=O)c1cccc(NC(=O)c2cnc(C(F)(F)F)cc2Oc2ccc(OC(F)(F)F)cc2Cl)c1. The Labute approximate surface area is 216 Å². The van der Waals surface area contributed by atoms with Crippen molar-refractivity contribution in [1.29, 1.82) is 0 Å². The number of rotatable bonds is 7. The molecule has 16 heteroatoms. The van der Waals surface area contributed by atoms with Gasteiger partial charge >= 0.3 is 12.5 Å². The van der Waals surface area contributed by atoms with Crippen molar-refractivity contribution in [3.8, 4) is 17.2 Å². The van der Waals surface area contributed by atoms with E-state index in [1.54, 1.807) is 0 Å². The number of hydrogen-bond donors (Lipinski definition) is 1. The molecule has 0 atom stereocenters. The number of amides is 1. The fourth-order valence-electron chi connectivity index (χ4n) is 2.87. The molecule has 0 spiro atoms. The van der Waals surface area contributed by atoms with Crippen LogP contribution in [-0.2, 0) is 16.2 Å². The van der Waals surface area contributed by atoms with Gasteiger partial charge in [-0.1, -0.05) is 17.7 Å². The average Bonchev–Trinajstić information content (AvgIpc) is 2.79. The third-order valence-electron chi connectivity index (χ3n) is 4.63. The molecule has 1 heterocycles. The highest BCUT2D eigenvalue weighted by atomic mass is 35.5. The number of benzene rings is 2. The van der Waals surface area contributed by atoms with Crippen LogP contribution in [0, 0.1) is 0 Å². The maximum absolute atomic E-state index is 13.3. The van der Waals surface area contributed by atoms with Gasteiger partial charge in [-0.2, -0.15) is 13.2 Å². The molecule has 0 aliphatic carbocycles. The number of nitrogens with one attached hydrogen (secondary N) is 1. The first kappa shape index (κ1) is 29.0. The molecule has 1 amide bonds. The molecule has 3 aromatic rings. The van der Waals surface area contributed by atoms with E-state index in [1.807, 2.05) is 0 Å². The molecule has 1 aromatic heterocycles. The molecule has 3 rings (SSSR count). The van der Waals surface area contributed by atoms with Gasteiger partial charge in [-0.25, -0.2) is 12.7 Å². The van der Waals surface area contributed by atoms with E-state index >= 15 is 0 Å². The van der Waals surface area contributed by atoms with Crippen molar-refractivity contribution >= 4 is 33.2 Å². The van der Waals surface area contributed by atoms with E-state index in [9.17, 15) is 39.6 Å². The van der Waals surface area contributed by atoms with Crippen molar-refractivity contribution in [3.05, 3.63) is 71.0 Å². The number of carbonyl (C=O) groups excluding carboxylic acids is 1. The Morgan fingerprint density at radius 1 is 1.00 bits per heavy atom. The number of anilines is 1. The second-order valence-electron chi connectivity index (χ2n) is 7.57. The Bertz CT molecular complexity index is 1460. The van der Waals surface area contributed by atoms with Gasteiger partial charge in [0.25, 0.3) is 5.91 Å². The molecule has 0 saturated carbocycles. The summed E-state index contributed by atoms with van der Waals surface area (Å²) in [6, 6.07) is 7.88. The second-order valence-corrected chi connectivity index (χ2v) is 10.1. The van der Waals surface area contributed by atoms with Gasteiger partial charge in [-0.15, -0.1) is 13.2 Å². The van der Waals surface area contributed by atoms with Gasteiger partial charge in [0.05, 0.1) is 9.92 Å². The molecule has 2 aromatic carbocycles. The number of carbonyl (C=O) groups is 1. The molecular formula is C22H16ClF6N3O5S. The highest BCUT2D eigenvalue weighted by molar-refractivity contribution is 7.89. The Morgan fingerprint density at radius 3 is 2.26 bits per heavy atom. The molecule has 0 bridgehead atoms.